The number of benzene rings is 1. The molecule has 4 aliphatic rings. The normalized spacial score (nSPS) is 33.6. The highest BCUT2D eigenvalue weighted by molar-refractivity contribution is 6.37. The third-order valence-electron chi connectivity index (χ3n) is 4.87. The number of imide groups is 1. The van der Waals surface area contributed by atoms with E-state index in [2.05, 4.69) is 4.90 Å². The second kappa shape index (κ2) is 4.85. The molecule has 1 spiro atoms. The maximum Gasteiger partial charge on any atom is 0.422 e. The van der Waals surface area contributed by atoms with Crippen molar-refractivity contribution < 1.29 is 14.3 Å². The topological polar surface area (TPSA) is 49.9 Å². The van der Waals surface area contributed by atoms with E-state index in [0.29, 0.717) is 16.6 Å². The number of nitrogens with zero attached hydrogens (tertiary/aromatic N) is 2. The van der Waals surface area contributed by atoms with Gasteiger partial charge in [0, 0.05) is 17.5 Å². The van der Waals surface area contributed by atoms with Crippen molar-refractivity contribution in [2.45, 2.75) is 18.4 Å². The molecule has 1 aromatic rings. The zero-order valence-corrected chi connectivity index (χ0v) is 13.2. The number of piperidine rings is 3. The van der Waals surface area contributed by atoms with Crippen LogP contribution in [0.4, 0.5) is 10.5 Å². The standard InChI is InChI=1S/C15H14Cl2N2O3/c16-10-1-2-11(17)12(7-10)19-13(20)15(22-14(19)21)8-18-5-3-9(15)4-6-18/h1-2,7,9H,3-6,8H2. The van der Waals surface area contributed by atoms with E-state index in [0.717, 1.165) is 30.8 Å². The maximum atomic E-state index is 13.0. The first-order valence-corrected chi connectivity index (χ1v) is 8.02. The second-order valence-corrected chi connectivity index (χ2v) is 6.89. The van der Waals surface area contributed by atoms with Crippen molar-refractivity contribution in [2.24, 2.45) is 5.92 Å². The molecule has 0 saturated carbocycles. The Morgan fingerprint density at radius 2 is 1.91 bits per heavy atom. The first-order valence-electron chi connectivity index (χ1n) is 7.26. The molecule has 4 aliphatic heterocycles. The minimum atomic E-state index is -1.06. The quantitative estimate of drug-likeness (QED) is 0.788. The summed E-state index contributed by atoms with van der Waals surface area (Å²) in [4.78, 5) is 28.6. The summed E-state index contributed by atoms with van der Waals surface area (Å²) in [5.41, 5.74) is -0.767. The van der Waals surface area contributed by atoms with Crippen LogP contribution in [0, 0.1) is 5.92 Å². The molecule has 4 fully saturated rings. The zero-order chi connectivity index (χ0) is 15.5. The van der Waals surface area contributed by atoms with Gasteiger partial charge in [0.1, 0.15) is 0 Å². The van der Waals surface area contributed by atoms with E-state index in [9.17, 15) is 9.59 Å². The van der Waals surface area contributed by atoms with Crippen LogP contribution in [-0.2, 0) is 9.53 Å². The van der Waals surface area contributed by atoms with Crippen LogP contribution in [-0.4, -0.2) is 42.1 Å². The van der Waals surface area contributed by atoms with Crippen LogP contribution in [0.15, 0.2) is 18.2 Å². The molecular formula is C15H14Cl2N2O3. The highest BCUT2D eigenvalue weighted by atomic mass is 35.5. The lowest BCUT2D eigenvalue weighted by molar-refractivity contribution is -0.148. The number of amides is 2. The number of fused-ring (bicyclic) bond motifs is 2. The van der Waals surface area contributed by atoms with Crippen LogP contribution in [0.25, 0.3) is 0 Å². The molecule has 1 unspecified atom stereocenters. The first kappa shape index (κ1) is 14.3. The molecule has 0 aromatic heterocycles. The van der Waals surface area contributed by atoms with Gasteiger partial charge in [0.15, 0.2) is 0 Å². The highest BCUT2D eigenvalue weighted by Crippen LogP contribution is 2.45. The number of hydrogen-bond acceptors (Lipinski definition) is 4. The second-order valence-electron chi connectivity index (χ2n) is 6.04. The van der Waals surface area contributed by atoms with E-state index in [1.54, 1.807) is 12.1 Å². The van der Waals surface area contributed by atoms with Crippen LogP contribution in [0.3, 0.4) is 0 Å². The number of hydrogen-bond donors (Lipinski definition) is 0. The lowest BCUT2D eigenvalue weighted by Crippen LogP contribution is -2.63. The van der Waals surface area contributed by atoms with Gasteiger partial charge in [-0.1, -0.05) is 23.2 Å². The molecule has 2 bridgehead atoms. The molecule has 0 N–H and O–H groups in total. The number of halogens is 2. The smallest absolute Gasteiger partial charge is 0.422 e. The van der Waals surface area contributed by atoms with Crippen molar-refractivity contribution in [1.82, 2.24) is 4.90 Å². The van der Waals surface area contributed by atoms with Crippen LogP contribution >= 0.6 is 23.2 Å². The minimum absolute atomic E-state index is 0.0805. The Bertz CT molecular complexity index is 673. The van der Waals surface area contributed by atoms with Gasteiger partial charge in [0.05, 0.1) is 10.7 Å². The maximum absolute atomic E-state index is 13.0. The first-order chi connectivity index (χ1) is 10.5. The van der Waals surface area contributed by atoms with E-state index in [-0.39, 0.29) is 17.5 Å². The van der Waals surface area contributed by atoms with Crippen molar-refractivity contribution in [2.75, 3.05) is 24.5 Å². The van der Waals surface area contributed by atoms with Gasteiger partial charge >= 0.3 is 6.09 Å². The Morgan fingerprint density at radius 3 is 2.55 bits per heavy atom. The molecule has 5 nitrogen and oxygen atoms in total. The Kier molecular flexibility index (Phi) is 3.15. The van der Waals surface area contributed by atoms with Gasteiger partial charge in [-0.2, -0.15) is 0 Å². The fraction of sp³-hybridized carbons (Fsp3) is 0.467. The summed E-state index contributed by atoms with van der Waals surface area (Å²) >= 11 is 12.1. The number of ether oxygens (including phenoxy) is 1. The third-order valence-corrected chi connectivity index (χ3v) is 5.43. The predicted molar refractivity (Wildman–Crippen MR) is 82.3 cm³/mol. The average Bonchev–Trinajstić information content (AvgIpc) is 2.74. The van der Waals surface area contributed by atoms with E-state index in [4.69, 9.17) is 27.9 Å². The molecule has 22 heavy (non-hydrogen) atoms. The third kappa shape index (κ3) is 1.89. The van der Waals surface area contributed by atoms with Gasteiger partial charge in [-0.05, 0) is 44.1 Å². The van der Waals surface area contributed by atoms with E-state index in [1.165, 1.54) is 6.07 Å². The predicted octanol–water partition coefficient (Wildman–Crippen LogP) is 2.94. The summed E-state index contributed by atoms with van der Waals surface area (Å²) in [6.07, 6.45) is 1.08. The van der Waals surface area contributed by atoms with E-state index >= 15 is 0 Å². The van der Waals surface area contributed by atoms with Crippen molar-refractivity contribution in [3.05, 3.63) is 28.2 Å². The summed E-state index contributed by atoms with van der Waals surface area (Å²) in [5.74, 6) is -0.243. The molecule has 1 atom stereocenters. The average molecular weight is 341 g/mol. The van der Waals surface area contributed by atoms with Crippen LogP contribution < -0.4 is 4.90 Å². The summed E-state index contributed by atoms with van der Waals surface area (Å²) in [6, 6.07) is 4.70. The molecule has 4 heterocycles. The molecule has 2 amide bonds. The molecule has 7 heteroatoms. The lowest BCUT2D eigenvalue weighted by Gasteiger charge is -2.48. The summed E-state index contributed by atoms with van der Waals surface area (Å²) in [6.45, 7) is 2.38. The van der Waals surface area contributed by atoms with Gasteiger partial charge in [0.25, 0.3) is 5.91 Å². The van der Waals surface area contributed by atoms with Crippen LogP contribution in [0.2, 0.25) is 10.0 Å². The molecule has 0 aliphatic carbocycles. The molecule has 5 rings (SSSR count). The summed E-state index contributed by atoms with van der Waals surface area (Å²) < 4.78 is 5.59. The molecule has 116 valence electrons. The Hall–Kier alpha value is -1.30. The van der Waals surface area contributed by atoms with Crippen molar-refractivity contribution in [3.8, 4) is 0 Å². The van der Waals surface area contributed by atoms with Crippen molar-refractivity contribution >= 4 is 40.9 Å². The fourth-order valence-electron chi connectivity index (χ4n) is 3.76. The van der Waals surface area contributed by atoms with Gasteiger partial charge in [-0.15, -0.1) is 0 Å². The zero-order valence-electron chi connectivity index (χ0n) is 11.7. The molecule has 4 saturated heterocycles. The lowest BCUT2D eigenvalue weighted by atomic mass is 9.75. The number of anilines is 1. The van der Waals surface area contributed by atoms with Gasteiger partial charge in [-0.25, -0.2) is 9.69 Å². The molecular weight excluding hydrogens is 327 g/mol. The summed E-state index contributed by atoms with van der Waals surface area (Å²) in [5, 5.41) is 0.711. The Balaban J connectivity index is 1.75. The Morgan fingerprint density at radius 1 is 1.18 bits per heavy atom. The van der Waals surface area contributed by atoms with E-state index in [1.807, 2.05) is 0 Å². The fourth-order valence-corrected chi connectivity index (χ4v) is 4.13. The van der Waals surface area contributed by atoms with Crippen LogP contribution in [0.1, 0.15) is 12.8 Å². The van der Waals surface area contributed by atoms with Crippen LogP contribution in [0.5, 0.6) is 0 Å². The molecule has 1 aromatic carbocycles. The number of rotatable bonds is 1. The largest absolute Gasteiger partial charge is 0.430 e. The van der Waals surface area contributed by atoms with Crippen molar-refractivity contribution in [3.63, 3.8) is 0 Å². The minimum Gasteiger partial charge on any atom is -0.430 e. The van der Waals surface area contributed by atoms with Gasteiger partial charge < -0.3 is 4.74 Å². The molecule has 0 radical (unpaired) electrons. The summed E-state index contributed by atoms with van der Waals surface area (Å²) in [7, 11) is 0. The SMILES string of the molecule is O=C1OC2(CN3CCC2CC3)C(=O)N1c1cc(Cl)ccc1Cl. The number of carbonyl (C=O) groups excluding carboxylic acids is 2. The van der Waals surface area contributed by atoms with E-state index < -0.39 is 11.7 Å². The number of carbonyl (C=O) groups is 2. The van der Waals surface area contributed by atoms with Gasteiger partial charge in [-0.3, -0.25) is 9.69 Å². The Labute approximate surface area is 137 Å². The van der Waals surface area contributed by atoms with Crippen molar-refractivity contribution in [1.29, 1.82) is 0 Å². The monoisotopic (exact) mass is 340 g/mol. The van der Waals surface area contributed by atoms with Gasteiger partial charge in [0.2, 0.25) is 5.60 Å². The highest BCUT2D eigenvalue weighted by Gasteiger charge is 2.62.